The zero-order chi connectivity index (χ0) is 20.8. The number of carbonyl (C=O) groups is 1. The molecule has 0 aliphatic rings. The molecule has 4 aromatic heterocycles. The number of hydrogen-bond acceptors (Lipinski definition) is 6. The van der Waals surface area contributed by atoms with Crippen molar-refractivity contribution in [1.29, 1.82) is 0 Å². The van der Waals surface area contributed by atoms with Crippen LogP contribution in [-0.2, 0) is 0 Å². The molecule has 7 heteroatoms. The monoisotopic (exact) mass is 398 g/mol. The van der Waals surface area contributed by atoms with E-state index in [2.05, 4.69) is 20.4 Å². The van der Waals surface area contributed by atoms with Crippen LogP contribution in [0.15, 0.2) is 57.6 Å². The van der Waals surface area contributed by atoms with Gasteiger partial charge in [0, 0.05) is 17.1 Å². The topological polar surface area (TPSA) is 94.1 Å². The molecule has 0 unspecified atom stereocenters. The predicted octanol–water partition coefficient (Wildman–Crippen LogP) is 5.21. The lowest BCUT2D eigenvalue weighted by Crippen LogP contribution is -2.13. The number of rotatable bonds is 3. The molecule has 0 bridgehead atoms. The Hall–Kier alpha value is -4.00. The largest absolute Gasteiger partial charge is 0.466 e. The van der Waals surface area contributed by atoms with Crippen molar-refractivity contribution in [1.82, 2.24) is 15.1 Å². The van der Waals surface area contributed by atoms with Gasteiger partial charge in [-0.15, -0.1) is 0 Å². The predicted molar refractivity (Wildman–Crippen MR) is 113 cm³/mol. The molecule has 1 aromatic carbocycles. The Balaban J connectivity index is 1.64. The summed E-state index contributed by atoms with van der Waals surface area (Å²) >= 11 is 0. The van der Waals surface area contributed by atoms with Crippen molar-refractivity contribution in [3.05, 3.63) is 71.4 Å². The first-order chi connectivity index (χ1) is 14.5. The Morgan fingerprint density at radius 3 is 2.73 bits per heavy atom. The van der Waals surface area contributed by atoms with Gasteiger partial charge in [0.25, 0.3) is 11.6 Å². The maximum atomic E-state index is 13.3. The average molecular weight is 398 g/mol. The van der Waals surface area contributed by atoms with E-state index in [0.717, 1.165) is 28.0 Å². The number of pyridine rings is 2. The van der Waals surface area contributed by atoms with Crippen molar-refractivity contribution in [3.8, 4) is 11.3 Å². The molecule has 5 rings (SSSR count). The molecule has 1 amide bonds. The van der Waals surface area contributed by atoms with Crippen molar-refractivity contribution in [2.75, 3.05) is 5.32 Å². The number of amides is 1. The Kier molecular flexibility index (Phi) is 4.10. The Bertz CT molecular complexity index is 1430. The second kappa shape index (κ2) is 6.81. The van der Waals surface area contributed by atoms with Gasteiger partial charge in [-0.3, -0.25) is 9.78 Å². The molecule has 4 heterocycles. The van der Waals surface area contributed by atoms with Crippen molar-refractivity contribution in [2.45, 2.75) is 20.8 Å². The van der Waals surface area contributed by atoms with E-state index in [4.69, 9.17) is 8.94 Å². The third-order valence-electron chi connectivity index (χ3n) is 5.07. The van der Waals surface area contributed by atoms with Gasteiger partial charge in [-0.1, -0.05) is 11.2 Å². The van der Waals surface area contributed by atoms with Gasteiger partial charge in [0.05, 0.1) is 33.5 Å². The summed E-state index contributed by atoms with van der Waals surface area (Å²) < 4.78 is 11.0. The van der Waals surface area contributed by atoms with E-state index in [1.807, 2.05) is 50.2 Å². The molecule has 0 radical (unpaired) electrons. The second-order valence-electron chi connectivity index (χ2n) is 7.16. The highest BCUT2D eigenvalue weighted by atomic mass is 16.5. The van der Waals surface area contributed by atoms with E-state index in [1.54, 1.807) is 19.2 Å². The lowest BCUT2D eigenvalue weighted by atomic mass is 10.0. The van der Waals surface area contributed by atoms with E-state index >= 15 is 0 Å². The van der Waals surface area contributed by atoms with Crippen LogP contribution < -0.4 is 5.32 Å². The summed E-state index contributed by atoms with van der Waals surface area (Å²) in [5.74, 6) is 1.22. The molecule has 0 aliphatic heterocycles. The minimum atomic E-state index is -0.274. The Morgan fingerprint density at radius 1 is 1.07 bits per heavy atom. The van der Waals surface area contributed by atoms with Gasteiger partial charge in [0.2, 0.25) is 0 Å². The number of anilines is 1. The van der Waals surface area contributed by atoms with Gasteiger partial charge in [-0.05, 0) is 57.2 Å². The van der Waals surface area contributed by atoms with Crippen LogP contribution in [0.1, 0.15) is 27.6 Å². The van der Waals surface area contributed by atoms with Gasteiger partial charge in [0.1, 0.15) is 11.5 Å². The fraction of sp³-hybridized carbons (Fsp3) is 0.130. The third-order valence-corrected chi connectivity index (χ3v) is 5.07. The van der Waals surface area contributed by atoms with Gasteiger partial charge >= 0.3 is 0 Å². The molecule has 5 aromatic rings. The first kappa shape index (κ1) is 18.1. The zero-order valence-corrected chi connectivity index (χ0v) is 16.7. The van der Waals surface area contributed by atoms with Crippen LogP contribution in [0.4, 0.5) is 5.69 Å². The molecule has 0 saturated carbocycles. The number of nitrogens with one attached hydrogen (secondary N) is 1. The molecule has 0 aliphatic carbocycles. The number of nitrogens with zero attached hydrogens (tertiary/aromatic N) is 3. The van der Waals surface area contributed by atoms with E-state index in [1.165, 1.54) is 0 Å². The molecule has 148 valence electrons. The summed E-state index contributed by atoms with van der Waals surface area (Å²) in [6.45, 7) is 5.53. The van der Waals surface area contributed by atoms with Crippen LogP contribution in [0.3, 0.4) is 0 Å². The summed E-state index contributed by atoms with van der Waals surface area (Å²) in [7, 11) is 0. The molecule has 0 atom stereocenters. The minimum Gasteiger partial charge on any atom is -0.466 e. The highest BCUT2D eigenvalue weighted by molar-refractivity contribution is 6.15. The maximum absolute atomic E-state index is 13.3. The number of carbonyl (C=O) groups excluding carboxylic acids is 1. The smallest absolute Gasteiger partial charge is 0.259 e. The highest BCUT2D eigenvalue weighted by Crippen LogP contribution is 2.31. The Morgan fingerprint density at radius 2 is 1.93 bits per heavy atom. The lowest BCUT2D eigenvalue weighted by Gasteiger charge is -2.10. The van der Waals surface area contributed by atoms with E-state index in [9.17, 15) is 4.79 Å². The minimum absolute atomic E-state index is 0.274. The average Bonchev–Trinajstić information content (AvgIpc) is 3.29. The summed E-state index contributed by atoms with van der Waals surface area (Å²) in [6.07, 6.45) is 1.72. The van der Waals surface area contributed by atoms with Crippen LogP contribution in [0.2, 0.25) is 0 Å². The first-order valence-corrected chi connectivity index (χ1v) is 9.51. The van der Waals surface area contributed by atoms with Crippen LogP contribution in [-0.4, -0.2) is 21.0 Å². The maximum Gasteiger partial charge on any atom is 0.259 e. The van der Waals surface area contributed by atoms with Gasteiger partial charge in [-0.2, -0.15) is 0 Å². The standard InChI is InChI=1S/C23H18N4O3/c1-12-10-16(14(3)29-12)20-11-17(21-13(2)27-30-23(21)26-20)22(28)25-19-8-4-7-18-15(19)6-5-9-24-18/h4-11H,1-3H3,(H,25,28). The highest BCUT2D eigenvalue weighted by Gasteiger charge is 2.21. The molecule has 30 heavy (non-hydrogen) atoms. The van der Waals surface area contributed by atoms with Crippen LogP contribution >= 0.6 is 0 Å². The lowest BCUT2D eigenvalue weighted by molar-refractivity contribution is 0.102. The van der Waals surface area contributed by atoms with Crippen molar-refractivity contribution in [3.63, 3.8) is 0 Å². The number of benzene rings is 1. The Labute approximate surface area is 171 Å². The summed E-state index contributed by atoms with van der Waals surface area (Å²) in [5.41, 5.74) is 4.25. The zero-order valence-electron chi connectivity index (χ0n) is 16.7. The number of aryl methyl sites for hydroxylation is 3. The molecule has 0 saturated heterocycles. The fourth-order valence-corrected chi connectivity index (χ4v) is 3.70. The second-order valence-corrected chi connectivity index (χ2v) is 7.16. The molecular formula is C23H18N4O3. The fourth-order valence-electron chi connectivity index (χ4n) is 3.70. The van der Waals surface area contributed by atoms with E-state index in [-0.39, 0.29) is 5.91 Å². The number of furan rings is 1. The quantitative estimate of drug-likeness (QED) is 0.448. The summed E-state index contributed by atoms with van der Waals surface area (Å²) in [6, 6.07) is 13.0. The van der Waals surface area contributed by atoms with Crippen LogP contribution in [0, 0.1) is 20.8 Å². The molecule has 0 fully saturated rings. The van der Waals surface area contributed by atoms with Gasteiger partial charge in [-0.25, -0.2) is 4.98 Å². The molecule has 7 nitrogen and oxygen atoms in total. The van der Waals surface area contributed by atoms with Crippen molar-refractivity contribution < 1.29 is 13.7 Å². The van der Waals surface area contributed by atoms with Crippen LogP contribution in [0.25, 0.3) is 33.3 Å². The third kappa shape index (κ3) is 2.91. The molecule has 1 N–H and O–H groups in total. The SMILES string of the molecule is Cc1cc(-c2cc(C(=O)Nc3cccc4ncccc34)c3c(C)noc3n2)c(C)o1. The number of hydrogen-bond donors (Lipinski definition) is 1. The van der Waals surface area contributed by atoms with Gasteiger partial charge in [0.15, 0.2) is 0 Å². The molecule has 0 spiro atoms. The molecular weight excluding hydrogens is 380 g/mol. The first-order valence-electron chi connectivity index (χ1n) is 9.51. The van der Waals surface area contributed by atoms with E-state index in [0.29, 0.717) is 33.7 Å². The van der Waals surface area contributed by atoms with E-state index < -0.39 is 0 Å². The normalized spacial score (nSPS) is 11.3. The number of fused-ring (bicyclic) bond motifs is 2. The van der Waals surface area contributed by atoms with Crippen LogP contribution in [0.5, 0.6) is 0 Å². The van der Waals surface area contributed by atoms with Crippen molar-refractivity contribution >= 4 is 33.6 Å². The number of aromatic nitrogens is 3. The summed E-state index contributed by atoms with van der Waals surface area (Å²) in [5, 5.41) is 8.47. The van der Waals surface area contributed by atoms with Crippen molar-refractivity contribution in [2.24, 2.45) is 0 Å². The van der Waals surface area contributed by atoms with Gasteiger partial charge < -0.3 is 14.3 Å². The summed E-state index contributed by atoms with van der Waals surface area (Å²) in [4.78, 5) is 22.3.